The molecule has 1 N–H and O–H groups in total. The number of likely N-dealkylation sites (tertiary alicyclic amines) is 1. The van der Waals surface area contributed by atoms with Gasteiger partial charge in [-0.15, -0.1) is 0 Å². The Morgan fingerprint density at radius 3 is 2.71 bits per heavy atom. The molecule has 28 heavy (non-hydrogen) atoms. The molecule has 4 nitrogen and oxygen atoms in total. The molecule has 1 aliphatic heterocycles. The van der Waals surface area contributed by atoms with Gasteiger partial charge in [0.2, 0.25) is 5.91 Å². The van der Waals surface area contributed by atoms with E-state index >= 15 is 0 Å². The maximum atomic E-state index is 13.2. The van der Waals surface area contributed by atoms with Gasteiger partial charge in [-0.2, -0.15) is 0 Å². The van der Waals surface area contributed by atoms with E-state index in [4.69, 9.17) is 23.2 Å². The predicted octanol–water partition coefficient (Wildman–Crippen LogP) is 4.34. The Bertz CT molecular complexity index is 875. The van der Waals surface area contributed by atoms with E-state index in [1.54, 1.807) is 29.2 Å². The van der Waals surface area contributed by atoms with Gasteiger partial charge in [-0.25, -0.2) is 4.39 Å². The monoisotopic (exact) mass is 422 g/mol. The van der Waals surface area contributed by atoms with Gasteiger partial charge in [0.25, 0.3) is 5.91 Å². The first-order valence-electron chi connectivity index (χ1n) is 9.20. The van der Waals surface area contributed by atoms with Crippen molar-refractivity contribution in [2.75, 3.05) is 19.6 Å². The van der Waals surface area contributed by atoms with Gasteiger partial charge in [0.05, 0.1) is 16.0 Å². The number of hydrogen-bond acceptors (Lipinski definition) is 2. The number of carbonyl (C=O) groups is 2. The molecule has 1 atom stereocenters. The summed E-state index contributed by atoms with van der Waals surface area (Å²) in [7, 11) is 0. The summed E-state index contributed by atoms with van der Waals surface area (Å²) in [5, 5.41) is 3.62. The standard InChI is InChI=1S/C21H21Cl2FN2O2/c22-18-7-6-15(12-19(18)23)21(28)26-10-2-4-16(13-26)20(27)25-9-8-14-3-1-5-17(24)11-14/h1,3,5-7,11-12,16H,2,4,8-10,13H2,(H,25,27). The normalized spacial score (nSPS) is 16.7. The Kier molecular flexibility index (Phi) is 6.92. The lowest BCUT2D eigenvalue weighted by molar-refractivity contribution is -0.126. The van der Waals surface area contributed by atoms with Crippen molar-refractivity contribution in [1.82, 2.24) is 10.2 Å². The molecule has 1 fully saturated rings. The van der Waals surface area contributed by atoms with Crippen LogP contribution in [0.2, 0.25) is 10.0 Å². The van der Waals surface area contributed by atoms with E-state index < -0.39 is 0 Å². The van der Waals surface area contributed by atoms with E-state index in [1.165, 1.54) is 12.1 Å². The molecule has 0 spiro atoms. The van der Waals surface area contributed by atoms with E-state index in [0.717, 1.165) is 18.4 Å². The van der Waals surface area contributed by atoms with Crippen LogP contribution in [-0.4, -0.2) is 36.3 Å². The third-order valence-corrected chi connectivity index (χ3v) is 5.59. The van der Waals surface area contributed by atoms with Crippen LogP contribution in [0.5, 0.6) is 0 Å². The smallest absolute Gasteiger partial charge is 0.253 e. The van der Waals surface area contributed by atoms with Gasteiger partial charge >= 0.3 is 0 Å². The number of amides is 2. The Hall–Kier alpha value is -2.11. The molecule has 148 valence electrons. The van der Waals surface area contributed by atoms with Gasteiger partial charge in [0.1, 0.15) is 5.82 Å². The van der Waals surface area contributed by atoms with Crippen LogP contribution in [0.15, 0.2) is 42.5 Å². The summed E-state index contributed by atoms with van der Waals surface area (Å²) < 4.78 is 13.2. The molecule has 0 saturated carbocycles. The Morgan fingerprint density at radius 2 is 1.96 bits per heavy atom. The average Bonchev–Trinajstić information content (AvgIpc) is 2.69. The number of carbonyl (C=O) groups excluding carboxylic acids is 2. The molecule has 2 amide bonds. The van der Waals surface area contributed by atoms with E-state index in [0.29, 0.717) is 41.7 Å². The first-order chi connectivity index (χ1) is 13.4. The van der Waals surface area contributed by atoms with Gasteiger partial charge in [0, 0.05) is 25.2 Å². The van der Waals surface area contributed by atoms with Gasteiger partial charge in [-0.05, 0) is 55.2 Å². The molecule has 7 heteroatoms. The van der Waals surface area contributed by atoms with Crippen LogP contribution in [0.3, 0.4) is 0 Å². The van der Waals surface area contributed by atoms with Gasteiger partial charge in [-0.3, -0.25) is 9.59 Å². The topological polar surface area (TPSA) is 49.4 Å². The van der Waals surface area contributed by atoms with E-state index in [1.807, 2.05) is 6.07 Å². The molecule has 0 radical (unpaired) electrons. The lowest BCUT2D eigenvalue weighted by Crippen LogP contribution is -2.45. The first-order valence-corrected chi connectivity index (χ1v) is 9.96. The number of piperidine rings is 1. The molecule has 1 unspecified atom stereocenters. The SMILES string of the molecule is O=C(NCCc1cccc(F)c1)C1CCCN(C(=O)c2ccc(Cl)c(Cl)c2)C1. The summed E-state index contributed by atoms with van der Waals surface area (Å²) in [6, 6.07) is 11.1. The van der Waals surface area contributed by atoms with Crippen LogP contribution >= 0.6 is 23.2 Å². The van der Waals surface area contributed by atoms with Crippen LogP contribution in [-0.2, 0) is 11.2 Å². The van der Waals surface area contributed by atoms with Crippen LogP contribution in [0.1, 0.15) is 28.8 Å². The minimum atomic E-state index is -0.285. The molecular weight excluding hydrogens is 402 g/mol. The molecule has 2 aromatic carbocycles. The fraction of sp³-hybridized carbons (Fsp3) is 0.333. The highest BCUT2D eigenvalue weighted by Gasteiger charge is 2.29. The largest absolute Gasteiger partial charge is 0.355 e. The molecule has 0 aromatic heterocycles. The highest BCUT2D eigenvalue weighted by Crippen LogP contribution is 2.25. The summed E-state index contributed by atoms with van der Waals surface area (Å²) in [4.78, 5) is 26.9. The lowest BCUT2D eigenvalue weighted by atomic mass is 9.96. The lowest BCUT2D eigenvalue weighted by Gasteiger charge is -2.32. The zero-order chi connectivity index (χ0) is 20.1. The van der Waals surface area contributed by atoms with E-state index in [9.17, 15) is 14.0 Å². The van der Waals surface area contributed by atoms with Crippen LogP contribution in [0.4, 0.5) is 4.39 Å². The van der Waals surface area contributed by atoms with Crippen LogP contribution < -0.4 is 5.32 Å². The second-order valence-corrected chi connectivity index (χ2v) is 7.70. The second-order valence-electron chi connectivity index (χ2n) is 6.89. The zero-order valence-corrected chi connectivity index (χ0v) is 16.8. The minimum absolute atomic E-state index is 0.0805. The molecule has 1 aliphatic rings. The highest BCUT2D eigenvalue weighted by molar-refractivity contribution is 6.42. The second kappa shape index (κ2) is 9.39. The van der Waals surface area contributed by atoms with E-state index in [-0.39, 0.29) is 23.5 Å². The molecule has 1 heterocycles. The molecular formula is C21H21Cl2FN2O2. The molecule has 1 saturated heterocycles. The van der Waals surface area contributed by atoms with Crippen molar-refractivity contribution in [1.29, 1.82) is 0 Å². The molecule has 2 aromatic rings. The summed E-state index contributed by atoms with van der Waals surface area (Å²) in [6.07, 6.45) is 2.05. The summed E-state index contributed by atoms with van der Waals surface area (Å²) in [5.74, 6) is -0.778. The van der Waals surface area contributed by atoms with Crippen molar-refractivity contribution in [3.63, 3.8) is 0 Å². The van der Waals surface area contributed by atoms with Crippen molar-refractivity contribution in [3.05, 3.63) is 69.5 Å². The fourth-order valence-electron chi connectivity index (χ4n) is 3.35. The number of nitrogens with zero attached hydrogens (tertiary/aromatic N) is 1. The fourth-order valence-corrected chi connectivity index (χ4v) is 3.65. The summed E-state index contributed by atoms with van der Waals surface area (Å²) >= 11 is 11.9. The number of rotatable bonds is 5. The number of nitrogens with one attached hydrogen (secondary N) is 1. The maximum absolute atomic E-state index is 13.2. The third-order valence-electron chi connectivity index (χ3n) is 4.85. The Labute approximate surface area is 173 Å². The molecule has 3 rings (SSSR count). The Balaban J connectivity index is 1.54. The van der Waals surface area contributed by atoms with Crippen molar-refractivity contribution in [2.24, 2.45) is 5.92 Å². The van der Waals surface area contributed by atoms with Crippen LogP contribution in [0, 0.1) is 11.7 Å². The van der Waals surface area contributed by atoms with Crippen molar-refractivity contribution < 1.29 is 14.0 Å². The first kappa shape index (κ1) is 20.6. The van der Waals surface area contributed by atoms with Gasteiger partial charge < -0.3 is 10.2 Å². The third kappa shape index (κ3) is 5.24. The number of hydrogen-bond donors (Lipinski definition) is 1. The van der Waals surface area contributed by atoms with Crippen LogP contribution in [0.25, 0.3) is 0 Å². The summed E-state index contributed by atoms with van der Waals surface area (Å²) in [6.45, 7) is 1.40. The van der Waals surface area contributed by atoms with Crippen molar-refractivity contribution >= 4 is 35.0 Å². The quantitative estimate of drug-likeness (QED) is 0.778. The number of benzene rings is 2. The van der Waals surface area contributed by atoms with Crippen molar-refractivity contribution in [2.45, 2.75) is 19.3 Å². The maximum Gasteiger partial charge on any atom is 0.253 e. The molecule has 0 aliphatic carbocycles. The van der Waals surface area contributed by atoms with Crippen molar-refractivity contribution in [3.8, 4) is 0 Å². The molecule has 0 bridgehead atoms. The average molecular weight is 423 g/mol. The highest BCUT2D eigenvalue weighted by atomic mass is 35.5. The van der Waals surface area contributed by atoms with Gasteiger partial charge in [0.15, 0.2) is 0 Å². The predicted molar refractivity (Wildman–Crippen MR) is 108 cm³/mol. The number of halogens is 3. The minimum Gasteiger partial charge on any atom is -0.355 e. The van der Waals surface area contributed by atoms with Gasteiger partial charge in [-0.1, -0.05) is 35.3 Å². The zero-order valence-electron chi connectivity index (χ0n) is 15.3. The van der Waals surface area contributed by atoms with E-state index in [2.05, 4.69) is 5.32 Å². The Morgan fingerprint density at radius 1 is 1.14 bits per heavy atom. The summed E-state index contributed by atoms with van der Waals surface area (Å²) in [5.41, 5.74) is 1.29.